The number of pyridine rings is 1. The quantitative estimate of drug-likeness (QED) is 0.622. The van der Waals surface area contributed by atoms with Crippen molar-refractivity contribution in [1.29, 1.82) is 0 Å². The molecule has 0 fully saturated rings. The predicted molar refractivity (Wildman–Crippen MR) is 110 cm³/mol. The van der Waals surface area contributed by atoms with Gasteiger partial charge < -0.3 is 15.2 Å². The van der Waals surface area contributed by atoms with E-state index < -0.39 is 6.10 Å². The SMILES string of the molecule is CC[C@H](O)Cc1nc(Nc2cc(Cl)cc(OC)c2)nn1-c1cc(C)nc(C)c1. The Kier molecular flexibility index (Phi) is 6.16. The number of aliphatic hydroxyl groups excluding tert-OH is 1. The average molecular weight is 402 g/mol. The summed E-state index contributed by atoms with van der Waals surface area (Å²) in [5.41, 5.74) is 3.35. The van der Waals surface area contributed by atoms with Gasteiger partial charge in [-0.05, 0) is 44.5 Å². The summed E-state index contributed by atoms with van der Waals surface area (Å²) >= 11 is 6.14. The first-order valence-electron chi connectivity index (χ1n) is 9.09. The lowest BCUT2D eigenvalue weighted by atomic mass is 10.2. The summed E-state index contributed by atoms with van der Waals surface area (Å²) in [5.74, 6) is 1.71. The van der Waals surface area contributed by atoms with Crippen molar-refractivity contribution in [2.24, 2.45) is 0 Å². The third-order valence-corrected chi connectivity index (χ3v) is 4.46. The number of methoxy groups -OCH3 is 1. The van der Waals surface area contributed by atoms with Gasteiger partial charge in [-0.3, -0.25) is 4.98 Å². The number of halogens is 1. The lowest BCUT2D eigenvalue weighted by Gasteiger charge is -2.10. The van der Waals surface area contributed by atoms with Gasteiger partial charge in [-0.2, -0.15) is 4.98 Å². The Bertz CT molecular complexity index is 953. The molecule has 0 bridgehead atoms. The van der Waals surface area contributed by atoms with E-state index in [4.69, 9.17) is 16.3 Å². The maximum Gasteiger partial charge on any atom is 0.247 e. The van der Waals surface area contributed by atoms with Crippen LogP contribution >= 0.6 is 11.6 Å². The fourth-order valence-electron chi connectivity index (χ4n) is 2.91. The Morgan fingerprint density at radius 2 is 1.86 bits per heavy atom. The van der Waals surface area contributed by atoms with Crippen molar-refractivity contribution in [2.45, 2.75) is 39.7 Å². The Balaban J connectivity index is 2.00. The fourth-order valence-corrected chi connectivity index (χ4v) is 3.13. The second kappa shape index (κ2) is 8.58. The van der Waals surface area contributed by atoms with Crippen LogP contribution in [0.3, 0.4) is 0 Å². The molecule has 0 radical (unpaired) electrons. The molecule has 8 heteroatoms. The summed E-state index contributed by atoms with van der Waals surface area (Å²) in [6.45, 7) is 5.81. The van der Waals surface area contributed by atoms with Crippen LogP contribution in [0.15, 0.2) is 30.3 Å². The molecular weight excluding hydrogens is 378 g/mol. The Morgan fingerprint density at radius 3 is 2.50 bits per heavy atom. The van der Waals surface area contributed by atoms with Gasteiger partial charge in [-0.15, -0.1) is 5.10 Å². The van der Waals surface area contributed by atoms with Gasteiger partial charge in [-0.25, -0.2) is 4.68 Å². The van der Waals surface area contributed by atoms with Crippen LogP contribution in [0.4, 0.5) is 11.6 Å². The summed E-state index contributed by atoms with van der Waals surface area (Å²) in [4.78, 5) is 9.01. The maximum absolute atomic E-state index is 10.1. The first-order valence-corrected chi connectivity index (χ1v) is 9.47. The number of hydrogen-bond acceptors (Lipinski definition) is 6. The third-order valence-electron chi connectivity index (χ3n) is 4.24. The number of benzene rings is 1. The summed E-state index contributed by atoms with van der Waals surface area (Å²) < 4.78 is 7.00. The molecule has 2 aromatic heterocycles. The summed E-state index contributed by atoms with van der Waals surface area (Å²) in [6, 6.07) is 9.19. The second-order valence-electron chi connectivity index (χ2n) is 6.64. The Morgan fingerprint density at radius 1 is 1.14 bits per heavy atom. The second-order valence-corrected chi connectivity index (χ2v) is 7.08. The van der Waals surface area contributed by atoms with Crippen LogP contribution < -0.4 is 10.1 Å². The molecular formula is C20H24ClN5O2. The van der Waals surface area contributed by atoms with Crippen LogP contribution in [0, 0.1) is 13.8 Å². The van der Waals surface area contributed by atoms with Crippen LogP contribution in [0.5, 0.6) is 5.75 Å². The van der Waals surface area contributed by atoms with E-state index in [2.05, 4.69) is 20.4 Å². The number of aryl methyl sites for hydroxylation is 2. The van der Waals surface area contributed by atoms with Crippen molar-refractivity contribution in [1.82, 2.24) is 19.7 Å². The highest BCUT2D eigenvalue weighted by atomic mass is 35.5. The molecule has 1 aromatic carbocycles. The first kappa shape index (κ1) is 20.1. The Labute approximate surface area is 169 Å². The summed E-state index contributed by atoms with van der Waals surface area (Å²) in [7, 11) is 1.58. The molecule has 0 saturated heterocycles. The zero-order chi connectivity index (χ0) is 20.3. The van der Waals surface area contributed by atoms with Crippen molar-refractivity contribution >= 4 is 23.2 Å². The van der Waals surface area contributed by atoms with E-state index in [0.717, 1.165) is 17.1 Å². The molecule has 0 amide bonds. The largest absolute Gasteiger partial charge is 0.497 e. The molecule has 148 valence electrons. The van der Waals surface area contributed by atoms with E-state index in [0.29, 0.717) is 41.1 Å². The molecule has 0 unspecified atom stereocenters. The van der Waals surface area contributed by atoms with Gasteiger partial charge in [0.2, 0.25) is 5.95 Å². The van der Waals surface area contributed by atoms with Crippen LogP contribution in [0.2, 0.25) is 5.02 Å². The first-order chi connectivity index (χ1) is 13.4. The predicted octanol–water partition coefficient (Wildman–Crippen LogP) is 4.00. The Hall–Kier alpha value is -2.64. The molecule has 2 N–H and O–H groups in total. The molecule has 0 aliphatic carbocycles. The highest BCUT2D eigenvalue weighted by Crippen LogP contribution is 2.26. The minimum atomic E-state index is -0.494. The number of nitrogens with one attached hydrogen (secondary N) is 1. The molecule has 2 heterocycles. The van der Waals surface area contributed by atoms with Crippen molar-refractivity contribution in [3.05, 3.63) is 52.6 Å². The number of ether oxygens (including phenoxy) is 1. The van der Waals surface area contributed by atoms with E-state index in [1.165, 1.54) is 0 Å². The van der Waals surface area contributed by atoms with Crippen LogP contribution in [0.1, 0.15) is 30.6 Å². The minimum Gasteiger partial charge on any atom is -0.497 e. The van der Waals surface area contributed by atoms with Crippen molar-refractivity contribution in [3.8, 4) is 11.4 Å². The normalized spacial score (nSPS) is 12.1. The van der Waals surface area contributed by atoms with Gasteiger partial charge in [-0.1, -0.05) is 18.5 Å². The smallest absolute Gasteiger partial charge is 0.247 e. The highest BCUT2D eigenvalue weighted by molar-refractivity contribution is 6.31. The number of nitrogens with zero attached hydrogens (tertiary/aromatic N) is 4. The van der Waals surface area contributed by atoms with Gasteiger partial charge in [0.25, 0.3) is 0 Å². The van der Waals surface area contributed by atoms with Crippen LogP contribution in [0.25, 0.3) is 5.69 Å². The number of aromatic nitrogens is 4. The van der Waals surface area contributed by atoms with Crippen LogP contribution in [-0.2, 0) is 6.42 Å². The average Bonchev–Trinajstić information content (AvgIpc) is 3.02. The topological polar surface area (TPSA) is 85.1 Å². The third kappa shape index (κ3) is 4.79. The van der Waals surface area contributed by atoms with Gasteiger partial charge in [0, 0.05) is 34.6 Å². The number of anilines is 2. The summed E-state index contributed by atoms with van der Waals surface area (Å²) in [6.07, 6.45) is 0.533. The molecule has 3 rings (SSSR count). The number of hydrogen-bond donors (Lipinski definition) is 2. The zero-order valence-corrected chi connectivity index (χ0v) is 17.2. The van der Waals surface area contributed by atoms with Crippen molar-refractivity contribution in [3.63, 3.8) is 0 Å². The molecule has 0 aliphatic heterocycles. The van der Waals surface area contributed by atoms with Gasteiger partial charge in [0.15, 0.2) is 0 Å². The molecule has 0 saturated carbocycles. The molecule has 28 heavy (non-hydrogen) atoms. The molecule has 0 aliphatic rings. The van der Waals surface area contributed by atoms with E-state index in [-0.39, 0.29) is 0 Å². The monoisotopic (exact) mass is 401 g/mol. The van der Waals surface area contributed by atoms with Gasteiger partial charge >= 0.3 is 0 Å². The maximum atomic E-state index is 10.1. The highest BCUT2D eigenvalue weighted by Gasteiger charge is 2.16. The van der Waals surface area contributed by atoms with E-state index in [9.17, 15) is 5.11 Å². The zero-order valence-electron chi connectivity index (χ0n) is 16.4. The standard InChI is InChI=1S/C20H24ClN5O2/c1-5-17(27)11-19-24-20(23-15-8-14(21)9-18(10-15)28-4)25-26(19)16-6-12(2)22-13(3)7-16/h6-10,17,27H,5,11H2,1-4H3,(H,23,25)/t17-/m0/s1. The molecule has 1 atom stereocenters. The molecule has 3 aromatic rings. The summed E-state index contributed by atoms with van der Waals surface area (Å²) in [5, 5.41) is 18.5. The lowest BCUT2D eigenvalue weighted by Crippen LogP contribution is -2.14. The molecule has 0 spiro atoms. The number of aliphatic hydroxyl groups is 1. The van der Waals surface area contributed by atoms with E-state index >= 15 is 0 Å². The van der Waals surface area contributed by atoms with E-state index in [1.807, 2.05) is 39.0 Å². The lowest BCUT2D eigenvalue weighted by molar-refractivity contribution is 0.167. The van der Waals surface area contributed by atoms with Crippen molar-refractivity contribution < 1.29 is 9.84 Å². The van der Waals surface area contributed by atoms with Gasteiger partial charge in [0.05, 0.1) is 18.9 Å². The van der Waals surface area contributed by atoms with Gasteiger partial charge in [0.1, 0.15) is 11.6 Å². The van der Waals surface area contributed by atoms with Crippen LogP contribution in [-0.4, -0.2) is 38.1 Å². The van der Waals surface area contributed by atoms with E-state index in [1.54, 1.807) is 23.9 Å². The minimum absolute atomic E-state index is 0.393. The van der Waals surface area contributed by atoms with Crippen molar-refractivity contribution in [2.75, 3.05) is 12.4 Å². The molecule has 7 nitrogen and oxygen atoms in total. The number of rotatable bonds is 7. The fraction of sp³-hybridized carbons (Fsp3) is 0.350.